The van der Waals surface area contributed by atoms with Crippen LogP contribution in [0, 0.1) is 11.3 Å². The van der Waals surface area contributed by atoms with Gasteiger partial charge in [0.1, 0.15) is 0 Å². The summed E-state index contributed by atoms with van der Waals surface area (Å²) >= 11 is 0. The molecule has 0 aromatic rings. The van der Waals surface area contributed by atoms with E-state index in [2.05, 4.69) is 25.2 Å². The second kappa shape index (κ2) is 6.66. The molecule has 2 fully saturated rings. The Morgan fingerprint density at radius 2 is 2.04 bits per heavy atom. The lowest BCUT2D eigenvalue weighted by atomic mass is 9.68. The van der Waals surface area contributed by atoms with Gasteiger partial charge in [-0.05, 0) is 44.4 Å². The van der Waals surface area contributed by atoms with Crippen molar-refractivity contribution in [2.75, 3.05) is 6.54 Å². The van der Waals surface area contributed by atoms with Crippen LogP contribution in [0.5, 0.6) is 0 Å². The fourth-order valence-electron chi connectivity index (χ4n) is 4.50. The number of fused-ring (bicyclic) bond motifs is 1. The van der Waals surface area contributed by atoms with Crippen molar-refractivity contribution >= 4 is 11.8 Å². The summed E-state index contributed by atoms with van der Waals surface area (Å²) < 4.78 is 0. The largest absolute Gasteiger partial charge is 0.355 e. The Kier molecular flexibility index (Phi) is 4.79. The zero-order valence-corrected chi connectivity index (χ0v) is 14.6. The van der Waals surface area contributed by atoms with Gasteiger partial charge in [0.05, 0.1) is 5.41 Å². The molecule has 23 heavy (non-hydrogen) atoms. The molecule has 1 aliphatic heterocycles. The van der Waals surface area contributed by atoms with Gasteiger partial charge in [0.25, 0.3) is 0 Å². The van der Waals surface area contributed by atoms with Crippen LogP contribution in [0.4, 0.5) is 0 Å². The Bertz CT molecular complexity index is 505. The van der Waals surface area contributed by atoms with E-state index in [4.69, 9.17) is 0 Å². The molecule has 0 aromatic heterocycles. The van der Waals surface area contributed by atoms with Crippen LogP contribution in [-0.4, -0.2) is 29.3 Å². The molecular weight excluding hydrogens is 288 g/mol. The molecule has 1 heterocycles. The normalized spacial score (nSPS) is 28.7. The molecule has 1 saturated carbocycles. The van der Waals surface area contributed by atoms with Gasteiger partial charge in [-0.2, -0.15) is 0 Å². The highest BCUT2D eigenvalue weighted by Gasteiger charge is 2.51. The molecule has 128 valence electrons. The van der Waals surface area contributed by atoms with Crippen molar-refractivity contribution in [3.8, 4) is 0 Å². The van der Waals surface area contributed by atoms with Crippen molar-refractivity contribution in [3.63, 3.8) is 0 Å². The maximum atomic E-state index is 13.0. The second-order valence-corrected chi connectivity index (χ2v) is 7.87. The monoisotopic (exact) mass is 318 g/mol. The van der Waals surface area contributed by atoms with Gasteiger partial charge < -0.3 is 10.2 Å². The lowest BCUT2D eigenvalue weighted by molar-refractivity contribution is -0.142. The van der Waals surface area contributed by atoms with Crippen LogP contribution in [-0.2, 0) is 9.59 Å². The first-order chi connectivity index (χ1) is 11.0. The van der Waals surface area contributed by atoms with E-state index in [1.165, 1.54) is 12.8 Å². The molecular formula is C19H30N2O2. The molecule has 0 bridgehead atoms. The van der Waals surface area contributed by atoms with E-state index < -0.39 is 5.41 Å². The summed E-state index contributed by atoms with van der Waals surface area (Å²) in [6, 6.07) is 0.324. The molecule has 1 unspecified atom stereocenters. The summed E-state index contributed by atoms with van der Waals surface area (Å²) in [6.07, 6.45) is 10.9. The Balaban J connectivity index is 1.88. The van der Waals surface area contributed by atoms with Crippen molar-refractivity contribution in [1.29, 1.82) is 0 Å². The molecule has 2 aliphatic carbocycles. The molecule has 3 aliphatic rings. The number of carbonyl (C=O) groups excluding carboxylic acids is 2. The minimum Gasteiger partial charge on any atom is -0.355 e. The topological polar surface area (TPSA) is 49.4 Å². The fraction of sp³-hybridized carbons (Fsp3) is 0.789. The van der Waals surface area contributed by atoms with E-state index >= 15 is 0 Å². The van der Waals surface area contributed by atoms with Gasteiger partial charge in [0, 0.05) is 24.7 Å². The first-order valence-corrected chi connectivity index (χ1v) is 9.35. The second-order valence-electron chi connectivity index (χ2n) is 7.87. The molecule has 1 N–H and O–H groups in total. The smallest absolute Gasteiger partial charge is 0.232 e. The van der Waals surface area contributed by atoms with Crippen LogP contribution < -0.4 is 5.32 Å². The van der Waals surface area contributed by atoms with E-state index in [0.717, 1.165) is 37.8 Å². The van der Waals surface area contributed by atoms with Crippen molar-refractivity contribution in [3.05, 3.63) is 11.8 Å². The Labute approximate surface area is 139 Å². The number of likely N-dealkylation sites (tertiary alicyclic amines) is 1. The summed E-state index contributed by atoms with van der Waals surface area (Å²) in [6.45, 7) is 4.95. The van der Waals surface area contributed by atoms with Gasteiger partial charge in [-0.15, -0.1) is 0 Å². The first-order valence-electron chi connectivity index (χ1n) is 9.35. The van der Waals surface area contributed by atoms with Crippen molar-refractivity contribution in [2.45, 2.75) is 77.7 Å². The van der Waals surface area contributed by atoms with Gasteiger partial charge in [-0.25, -0.2) is 0 Å². The number of hydrogen-bond donors (Lipinski definition) is 1. The number of rotatable bonds is 4. The average molecular weight is 318 g/mol. The third-order valence-corrected chi connectivity index (χ3v) is 5.72. The number of allylic oxidation sites excluding steroid dienone is 1. The van der Waals surface area contributed by atoms with Crippen LogP contribution in [0.2, 0.25) is 0 Å². The van der Waals surface area contributed by atoms with Gasteiger partial charge in [-0.1, -0.05) is 32.8 Å². The van der Waals surface area contributed by atoms with Crippen LogP contribution in [0.3, 0.4) is 0 Å². The van der Waals surface area contributed by atoms with E-state index in [-0.39, 0.29) is 11.8 Å². The maximum absolute atomic E-state index is 13.0. The minimum atomic E-state index is -0.455. The highest BCUT2D eigenvalue weighted by atomic mass is 16.2. The van der Waals surface area contributed by atoms with Gasteiger partial charge >= 0.3 is 0 Å². The number of carbonyl (C=O) groups is 2. The summed E-state index contributed by atoms with van der Waals surface area (Å²) in [7, 11) is 0. The van der Waals surface area contributed by atoms with Crippen molar-refractivity contribution < 1.29 is 9.59 Å². The van der Waals surface area contributed by atoms with Gasteiger partial charge in [-0.3, -0.25) is 9.59 Å². The number of nitrogens with zero attached hydrogens (tertiary/aromatic N) is 1. The average Bonchev–Trinajstić information content (AvgIpc) is 3.06. The van der Waals surface area contributed by atoms with Gasteiger partial charge in [0.15, 0.2) is 0 Å². The fourth-order valence-corrected chi connectivity index (χ4v) is 4.50. The highest BCUT2D eigenvalue weighted by molar-refractivity contribution is 5.91. The SMILES string of the molecule is CC(C)CNC(=O)C12CCCC=C1N(C1CCCC1)C(=O)CC2. The predicted octanol–water partition coefficient (Wildman–Crippen LogP) is 3.38. The summed E-state index contributed by atoms with van der Waals surface area (Å²) in [5.41, 5.74) is 0.581. The number of piperidine rings is 1. The zero-order chi connectivity index (χ0) is 16.4. The quantitative estimate of drug-likeness (QED) is 0.864. The summed E-state index contributed by atoms with van der Waals surface area (Å²) in [5, 5.41) is 3.15. The van der Waals surface area contributed by atoms with E-state index in [1.807, 2.05) is 4.90 Å². The number of amides is 2. The van der Waals surface area contributed by atoms with E-state index in [0.29, 0.717) is 31.3 Å². The molecule has 4 heteroatoms. The standard InChI is InChI=1S/C19H30N2O2/c1-14(2)13-20-18(23)19-11-6-5-9-16(19)21(17(22)10-12-19)15-7-3-4-8-15/h9,14-15H,3-8,10-13H2,1-2H3,(H,20,23). The van der Waals surface area contributed by atoms with Crippen molar-refractivity contribution in [1.82, 2.24) is 10.2 Å². The molecule has 0 aromatic carbocycles. The third-order valence-electron chi connectivity index (χ3n) is 5.72. The minimum absolute atomic E-state index is 0.146. The molecule has 2 amide bonds. The molecule has 1 atom stereocenters. The predicted molar refractivity (Wildman–Crippen MR) is 90.6 cm³/mol. The Morgan fingerprint density at radius 3 is 2.74 bits per heavy atom. The molecule has 3 rings (SSSR count). The zero-order valence-electron chi connectivity index (χ0n) is 14.6. The molecule has 0 radical (unpaired) electrons. The maximum Gasteiger partial charge on any atom is 0.232 e. The van der Waals surface area contributed by atoms with E-state index in [9.17, 15) is 9.59 Å². The molecule has 1 saturated heterocycles. The summed E-state index contributed by atoms with van der Waals surface area (Å²) in [4.78, 5) is 27.7. The molecule has 0 spiro atoms. The number of nitrogens with one attached hydrogen (secondary N) is 1. The molecule has 4 nitrogen and oxygen atoms in total. The third kappa shape index (κ3) is 3.05. The first kappa shape index (κ1) is 16.5. The van der Waals surface area contributed by atoms with E-state index in [1.54, 1.807) is 0 Å². The number of hydrogen-bond acceptors (Lipinski definition) is 2. The highest BCUT2D eigenvalue weighted by Crippen LogP contribution is 2.48. The lowest BCUT2D eigenvalue weighted by Gasteiger charge is -2.48. The van der Waals surface area contributed by atoms with Gasteiger partial charge in [0.2, 0.25) is 11.8 Å². The Morgan fingerprint density at radius 1 is 1.30 bits per heavy atom. The van der Waals surface area contributed by atoms with Crippen LogP contribution in [0.1, 0.15) is 71.6 Å². The van der Waals surface area contributed by atoms with Crippen LogP contribution in [0.25, 0.3) is 0 Å². The van der Waals surface area contributed by atoms with Crippen LogP contribution in [0.15, 0.2) is 11.8 Å². The lowest BCUT2D eigenvalue weighted by Crippen LogP contribution is -2.55. The van der Waals surface area contributed by atoms with Crippen LogP contribution >= 0.6 is 0 Å². The Hall–Kier alpha value is -1.32. The summed E-state index contributed by atoms with van der Waals surface area (Å²) in [5.74, 6) is 0.826. The van der Waals surface area contributed by atoms with Crippen molar-refractivity contribution in [2.24, 2.45) is 11.3 Å².